The molecule has 1 aromatic rings. The quantitative estimate of drug-likeness (QED) is 0.570. The number of hydrogen-bond acceptors (Lipinski definition) is 3. The fourth-order valence-corrected chi connectivity index (χ4v) is 0.740. The lowest BCUT2D eigenvalue weighted by Crippen LogP contribution is -1.86. The average molecular weight is 150 g/mol. The van der Waals surface area contributed by atoms with E-state index in [2.05, 4.69) is 17.6 Å². The third-order valence-electron chi connectivity index (χ3n) is 1.17. The number of pyridine rings is 1. The first-order valence-electron chi connectivity index (χ1n) is 2.81. The largest absolute Gasteiger partial charge is 0.241 e. The molecule has 0 atom stereocenters. The molecule has 2 nitrogen and oxygen atoms in total. The minimum absolute atomic E-state index is 0.440. The fraction of sp³-hybridized carbons (Fsp3) is 0.143. The lowest BCUT2D eigenvalue weighted by molar-refractivity contribution is 1.09. The standard InChI is InChI=1S/C7H6N2S/c1-5-7(10)3-2-6(4-8)9-5/h2-3,10H,1H3. The average Bonchev–Trinajstić information content (AvgIpc) is 1.95. The highest BCUT2D eigenvalue weighted by atomic mass is 32.1. The molecule has 0 aliphatic carbocycles. The molecule has 0 aliphatic rings. The van der Waals surface area contributed by atoms with Gasteiger partial charge in [0.1, 0.15) is 11.8 Å². The van der Waals surface area contributed by atoms with Crippen LogP contribution in [0.15, 0.2) is 17.0 Å². The third kappa shape index (κ3) is 1.28. The summed E-state index contributed by atoms with van der Waals surface area (Å²) in [7, 11) is 0. The topological polar surface area (TPSA) is 36.7 Å². The van der Waals surface area contributed by atoms with E-state index in [0.717, 1.165) is 10.6 Å². The van der Waals surface area contributed by atoms with Crippen molar-refractivity contribution in [3.05, 3.63) is 23.5 Å². The van der Waals surface area contributed by atoms with Crippen LogP contribution in [0.5, 0.6) is 0 Å². The Kier molecular flexibility index (Phi) is 1.93. The van der Waals surface area contributed by atoms with E-state index in [1.807, 2.05) is 13.0 Å². The number of nitriles is 1. The maximum absolute atomic E-state index is 8.42. The summed E-state index contributed by atoms with van der Waals surface area (Å²) in [5.41, 5.74) is 1.23. The number of hydrogen-bond donors (Lipinski definition) is 1. The Morgan fingerprint density at radius 1 is 1.60 bits per heavy atom. The van der Waals surface area contributed by atoms with Gasteiger partial charge in [-0.3, -0.25) is 0 Å². The Hall–Kier alpha value is -1.01. The van der Waals surface area contributed by atoms with Crippen molar-refractivity contribution in [3.63, 3.8) is 0 Å². The van der Waals surface area contributed by atoms with Crippen molar-refractivity contribution in [2.24, 2.45) is 0 Å². The molecule has 0 amide bonds. The third-order valence-corrected chi connectivity index (χ3v) is 1.65. The second kappa shape index (κ2) is 2.72. The second-order valence-electron chi connectivity index (χ2n) is 1.91. The van der Waals surface area contributed by atoms with E-state index in [1.54, 1.807) is 12.1 Å². The molecule has 0 aliphatic heterocycles. The van der Waals surface area contributed by atoms with E-state index < -0.39 is 0 Å². The highest BCUT2D eigenvalue weighted by molar-refractivity contribution is 7.80. The van der Waals surface area contributed by atoms with E-state index in [4.69, 9.17) is 5.26 Å². The van der Waals surface area contributed by atoms with Crippen molar-refractivity contribution in [2.75, 3.05) is 0 Å². The van der Waals surface area contributed by atoms with Gasteiger partial charge < -0.3 is 0 Å². The predicted octanol–water partition coefficient (Wildman–Crippen LogP) is 1.55. The number of nitrogens with zero attached hydrogens (tertiary/aromatic N) is 2. The minimum atomic E-state index is 0.440. The summed E-state index contributed by atoms with van der Waals surface area (Å²) >= 11 is 4.11. The minimum Gasteiger partial charge on any atom is -0.241 e. The van der Waals surface area contributed by atoms with Crippen molar-refractivity contribution < 1.29 is 0 Å². The van der Waals surface area contributed by atoms with Crippen LogP contribution in [0.1, 0.15) is 11.4 Å². The number of aromatic nitrogens is 1. The molecule has 0 unspecified atom stereocenters. The monoisotopic (exact) mass is 150 g/mol. The Morgan fingerprint density at radius 2 is 2.30 bits per heavy atom. The van der Waals surface area contributed by atoms with Gasteiger partial charge in [-0.05, 0) is 19.1 Å². The molecule has 3 heteroatoms. The summed E-state index contributed by atoms with van der Waals surface area (Å²) in [5, 5.41) is 8.42. The molecule has 0 N–H and O–H groups in total. The maximum atomic E-state index is 8.42. The molecule has 50 valence electrons. The van der Waals surface area contributed by atoms with Crippen molar-refractivity contribution in [1.82, 2.24) is 4.98 Å². The van der Waals surface area contributed by atoms with Crippen LogP contribution < -0.4 is 0 Å². The van der Waals surface area contributed by atoms with E-state index in [-0.39, 0.29) is 0 Å². The van der Waals surface area contributed by atoms with Crippen LogP contribution in [0.4, 0.5) is 0 Å². The smallest absolute Gasteiger partial charge is 0.140 e. The highest BCUT2D eigenvalue weighted by Gasteiger charge is 1.95. The van der Waals surface area contributed by atoms with Gasteiger partial charge in [0.15, 0.2) is 0 Å². The zero-order valence-electron chi connectivity index (χ0n) is 5.50. The van der Waals surface area contributed by atoms with Gasteiger partial charge in [0.05, 0.1) is 5.69 Å². The van der Waals surface area contributed by atoms with Crippen LogP contribution in [0.2, 0.25) is 0 Å². The lowest BCUT2D eigenvalue weighted by atomic mass is 10.3. The first kappa shape index (κ1) is 7.10. The highest BCUT2D eigenvalue weighted by Crippen LogP contribution is 2.09. The molecular weight excluding hydrogens is 144 g/mol. The second-order valence-corrected chi connectivity index (χ2v) is 2.39. The van der Waals surface area contributed by atoms with E-state index in [9.17, 15) is 0 Å². The Morgan fingerprint density at radius 3 is 2.80 bits per heavy atom. The van der Waals surface area contributed by atoms with Crippen molar-refractivity contribution >= 4 is 12.6 Å². The lowest BCUT2D eigenvalue weighted by Gasteiger charge is -1.95. The molecule has 1 aromatic heterocycles. The predicted molar refractivity (Wildman–Crippen MR) is 40.9 cm³/mol. The molecule has 1 rings (SSSR count). The molecule has 0 bridgehead atoms. The van der Waals surface area contributed by atoms with Crippen LogP contribution >= 0.6 is 12.6 Å². The molecule has 0 aromatic carbocycles. The summed E-state index contributed by atoms with van der Waals surface area (Å²) < 4.78 is 0. The molecule has 10 heavy (non-hydrogen) atoms. The first-order valence-corrected chi connectivity index (χ1v) is 3.25. The van der Waals surface area contributed by atoms with E-state index in [1.165, 1.54) is 0 Å². The maximum Gasteiger partial charge on any atom is 0.140 e. The Labute approximate surface area is 64.9 Å². The SMILES string of the molecule is Cc1nc(C#N)ccc1S. The summed E-state index contributed by atoms with van der Waals surface area (Å²) in [6.45, 7) is 1.82. The molecule has 0 spiro atoms. The number of thiol groups is 1. The van der Waals surface area contributed by atoms with E-state index in [0.29, 0.717) is 5.69 Å². The fourth-order valence-electron chi connectivity index (χ4n) is 0.616. The van der Waals surface area contributed by atoms with Gasteiger partial charge in [0.25, 0.3) is 0 Å². The molecular formula is C7H6N2S. The van der Waals surface area contributed by atoms with Gasteiger partial charge in [0, 0.05) is 4.90 Å². The van der Waals surface area contributed by atoms with Crippen LogP contribution in [0.3, 0.4) is 0 Å². The summed E-state index contributed by atoms with van der Waals surface area (Å²) in [6.07, 6.45) is 0. The first-order chi connectivity index (χ1) is 4.74. The van der Waals surface area contributed by atoms with Gasteiger partial charge in [-0.25, -0.2) is 4.98 Å². The van der Waals surface area contributed by atoms with Crippen LogP contribution in [-0.2, 0) is 0 Å². The van der Waals surface area contributed by atoms with Crippen molar-refractivity contribution in [2.45, 2.75) is 11.8 Å². The van der Waals surface area contributed by atoms with Crippen LogP contribution in [-0.4, -0.2) is 4.98 Å². The summed E-state index contributed by atoms with van der Waals surface area (Å²) in [6, 6.07) is 5.37. The summed E-state index contributed by atoms with van der Waals surface area (Å²) in [4.78, 5) is 4.77. The zero-order chi connectivity index (χ0) is 7.56. The summed E-state index contributed by atoms with van der Waals surface area (Å²) in [5.74, 6) is 0. The van der Waals surface area contributed by atoms with Gasteiger partial charge in [-0.15, -0.1) is 12.6 Å². The molecule has 1 heterocycles. The Bertz CT molecular complexity index is 288. The van der Waals surface area contributed by atoms with Gasteiger partial charge >= 0.3 is 0 Å². The molecule has 0 saturated carbocycles. The normalized spacial score (nSPS) is 8.90. The van der Waals surface area contributed by atoms with Crippen LogP contribution in [0.25, 0.3) is 0 Å². The van der Waals surface area contributed by atoms with Crippen molar-refractivity contribution in [3.8, 4) is 6.07 Å². The van der Waals surface area contributed by atoms with Crippen molar-refractivity contribution in [1.29, 1.82) is 5.26 Å². The van der Waals surface area contributed by atoms with Crippen LogP contribution in [0, 0.1) is 18.3 Å². The van der Waals surface area contributed by atoms with Gasteiger partial charge in [-0.2, -0.15) is 5.26 Å². The molecule has 0 fully saturated rings. The zero-order valence-corrected chi connectivity index (χ0v) is 6.39. The number of aryl methyl sites for hydroxylation is 1. The van der Waals surface area contributed by atoms with Gasteiger partial charge in [0.2, 0.25) is 0 Å². The Balaban J connectivity index is 3.20. The molecule has 0 saturated heterocycles. The molecule has 0 radical (unpaired) electrons. The van der Waals surface area contributed by atoms with Gasteiger partial charge in [-0.1, -0.05) is 0 Å². The van der Waals surface area contributed by atoms with E-state index >= 15 is 0 Å². The number of rotatable bonds is 0.